The van der Waals surface area contributed by atoms with Crippen LogP contribution in [0.15, 0.2) is 65.1 Å². The van der Waals surface area contributed by atoms with Gasteiger partial charge in [0.1, 0.15) is 17.3 Å². The number of para-hydroxylation sites is 1. The first-order valence-corrected chi connectivity index (χ1v) is 10.4. The van der Waals surface area contributed by atoms with E-state index in [0.717, 1.165) is 5.56 Å². The summed E-state index contributed by atoms with van der Waals surface area (Å²) >= 11 is 6.47. The molecule has 31 heavy (non-hydrogen) atoms. The number of hydrogen-bond acceptors (Lipinski definition) is 5. The van der Waals surface area contributed by atoms with Gasteiger partial charge in [-0.15, -0.1) is 0 Å². The Hall–Kier alpha value is -3.56. The van der Waals surface area contributed by atoms with Crippen molar-refractivity contribution in [1.82, 2.24) is 0 Å². The molecule has 1 atom stereocenters. The third-order valence-corrected chi connectivity index (χ3v) is 6.59. The molecule has 3 N–H and O–H groups in total. The number of nitrogens with one attached hydrogen (secondary N) is 1. The van der Waals surface area contributed by atoms with Gasteiger partial charge in [-0.25, -0.2) is 0 Å². The van der Waals surface area contributed by atoms with Crippen LogP contribution in [0, 0.1) is 18.3 Å². The van der Waals surface area contributed by atoms with Crippen LogP contribution < -0.4 is 16.0 Å². The van der Waals surface area contributed by atoms with Crippen molar-refractivity contribution in [2.45, 2.75) is 31.6 Å². The van der Waals surface area contributed by atoms with Crippen LogP contribution >= 0.6 is 11.6 Å². The summed E-state index contributed by atoms with van der Waals surface area (Å²) in [5.74, 6) is -0.453. The summed E-state index contributed by atoms with van der Waals surface area (Å²) in [5, 5.41) is 13.6. The van der Waals surface area contributed by atoms with Crippen LogP contribution in [-0.4, -0.2) is 11.7 Å². The Balaban J connectivity index is 1.91. The summed E-state index contributed by atoms with van der Waals surface area (Å²) in [7, 11) is 0. The van der Waals surface area contributed by atoms with E-state index in [4.69, 9.17) is 17.3 Å². The van der Waals surface area contributed by atoms with Crippen molar-refractivity contribution in [1.29, 1.82) is 5.26 Å². The third-order valence-electron chi connectivity index (χ3n) is 6.27. The number of ketones is 1. The Morgan fingerprint density at radius 3 is 2.71 bits per heavy atom. The van der Waals surface area contributed by atoms with Crippen molar-refractivity contribution in [3.8, 4) is 6.07 Å². The average Bonchev–Trinajstić information content (AvgIpc) is 3.01. The van der Waals surface area contributed by atoms with Crippen LogP contribution in [0.1, 0.15) is 30.4 Å². The molecular weight excluding hydrogens is 412 g/mol. The van der Waals surface area contributed by atoms with Crippen molar-refractivity contribution < 1.29 is 9.59 Å². The molecule has 1 aliphatic carbocycles. The maximum atomic E-state index is 13.6. The number of nitrogens with zero attached hydrogens (tertiary/aromatic N) is 2. The summed E-state index contributed by atoms with van der Waals surface area (Å²) in [6.45, 7) is 1.91. The molecule has 0 bridgehead atoms. The number of allylic oxidation sites excluding steroid dienone is 1. The topological polar surface area (TPSA) is 99.2 Å². The minimum absolute atomic E-state index is 0.0447. The molecule has 6 nitrogen and oxygen atoms in total. The fourth-order valence-electron chi connectivity index (χ4n) is 5.01. The van der Waals surface area contributed by atoms with Gasteiger partial charge in [-0.2, -0.15) is 5.26 Å². The molecule has 2 aromatic carbocycles. The molecule has 0 unspecified atom stereocenters. The van der Waals surface area contributed by atoms with Crippen LogP contribution in [0.5, 0.6) is 0 Å². The van der Waals surface area contributed by atoms with Crippen LogP contribution in [0.4, 0.5) is 11.4 Å². The molecule has 0 saturated heterocycles. The largest absolute Gasteiger partial charge is 0.384 e. The van der Waals surface area contributed by atoms with E-state index in [9.17, 15) is 14.9 Å². The molecule has 0 fully saturated rings. The highest BCUT2D eigenvalue weighted by Crippen LogP contribution is 2.55. The highest BCUT2D eigenvalue weighted by Gasteiger charge is 2.60. The minimum Gasteiger partial charge on any atom is -0.384 e. The lowest BCUT2D eigenvalue weighted by Gasteiger charge is -2.43. The highest BCUT2D eigenvalue weighted by atomic mass is 35.5. The van der Waals surface area contributed by atoms with Crippen LogP contribution in [0.3, 0.4) is 0 Å². The van der Waals surface area contributed by atoms with Crippen molar-refractivity contribution in [3.05, 3.63) is 81.3 Å². The number of amides is 1. The number of Topliss-reactive ketones (excluding diaryl/α,β-unsaturated/α-hetero) is 1. The second kappa shape index (κ2) is 6.73. The summed E-state index contributed by atoms with van der Waals surface area (Å²) in [4.78, 5) is 28.6. The number of halogens is 1. The Kier molecular flexibility index (Phi) is 4.21. The Labute approximate surface area is 184 Å². The van der Waals surface area contributed by atoms with Gasteiger partial charge in [0.05, 0.1) is 16.3 Å². The maximum Gasteiger partial charge on any atom is 0.245 e. The van der Waals surface area contributed by atoms with Crippen LogP contribution in [-0.2, 0) is 15.0 Å². The molecule has 2 aromatic rings. The van der Waals surface area contributed by atoms with Gasteiger partial charge >= 0.3 is 0 Å². The van der Waals surface area contributed by atoms with Gasteiger partial charge in [-0.05, 0) is 38.0 Å². The van der Waals surface area contributed by atoms with Crippen molar-refractivity contribution >= 4 is 34.7 Å². The number of nitrogens with two attached hydrogens (primary N) is 1. The zero-order chi connectivity index (χ0) is 21.9. The van der Waals surface area contributed by atoms with E-state index in [1.165, 1.54) is 0 Å². The minimum atomic E-state index is -1.55. The number of anilines is 2. The number of hydrogen-bond donors (Lipinski definition) is 2. The highest BCUT2D eigenvalue weighted by molar-refractivity contribution is 6.33. The summed E-state index contributed by atoms with van der Waals surface area (Å²) in [6.07, 6.45) is 1.48. The Morgan fingerprint density at radius 2 is 1.97 bits per heavy atom. The number of rotatable bonds is 1. The second-order valence-electron chi connectivity index (χ2n) is 8.01. The van der Waals surface area contributed by atoms with Gasteiger partial charge in [0.15, 0.2) is 5.78 Å². The molecule has 1 spiro atoms. The van der Waals surface area contributed by atoms with Crippen molar-refractivity contribution in [2.24, 2.45) is 5.73 Å². The fourth-order valence-corrected chi connectivity index (χ4v) is 5.23. The van der Waals surface area contributed by atoms with Gasteiger partial charge in [0, 0.05) is 28.9 Å². The van der Waals surface area contributed by atoms with Crippen molar-refractivity contribution in [3.63, 3.8) is 0 Å². The first-order chi connectivity index (χ1) is 14.9. The number of carbonyl (C=O) groups excluding carboxylic acids is 2. The Morgan fingerprint density at radius 1 is 1.19 bits per heavy atom. The lowest BCUT2D eigenvalue weighted by molar-refractivity contribution is -0.122. The average molecular weight is 431 g/mol. The predicted molar refractivity (Wildman–Crippen MR) is 118 cm³/mol. The molecule has 7 heteroatoms. The molecule has 3 aliphatic rings. The van der Waals surface area contributed by atoms with Crippen LogP contribution in [0.25, 0.3) is 0 Å². The van der Waals surface area contributed by atoms with Gasteiger partial charge in [-0.1, -0.05) is 41.4 Å². The van der Waals surface area contributed by atoms with E-state index in [-0.39, 0.29) is 17.2 Å². The zero-order valence-electron chi connectivity index (χ0n) is 16.8. The monoisotopic (exact) mass is 430 g/mol. The van der Waals surface area contributed by atoms with E-state index in [2.05, 4.69) is 11.4 Å². The van der Waals surface area contributed by atoms with Gasteiger partial charge in [0.2, 0.25) is 5.91 Å². The first-order valence-electron chi connectivity index (χ1n) is 10.1. The van der Waals surface area contributed by atoms with E-state index < -0.39 is 11.3 Å². The normalized spacial score (nSPS) is 22.4. The third kappa shape index (κ3) is 2.44. The van der Waals surface area contributed by atoms with Crippen molar-refractivity contribution in [2.75, 3.05) is 10.2 Å². The lowest BCUT2D eigenvalue weighted by Crippen LogP contribution is -2.50. The van der Waals surface area contributed by atoms with E-state index in [1.807, 2.05) is 25.1 Å². The molecule has 0 aromatic heterocycles. The SMILES string of the molecule is Cc1ccc2c(c1)[C@@]1(C(=O)N2)C(C#N)=C(N)N(c2ccccc2Cl)C2=C1C(=O)CCC2. The van der Waals surface area contributed by atoms with E-state index >= 15 is 0 Å². The molecule has 1 amide bonds. The number of aryl methyl sites for hydroxylation is 1. The second-order valence-corrected chi connectivity index (χ2v) is 8.42. The fraction of sp³-hybridized carbons (Fsp3) is 0.208. The molecule has 0 saturated carbocycles. The predicted octanol–water partition coefficient (Wildman–Crippen LogP) is 4.06. The maximum absolute atomic E-state index is 13.6. The quantitative estimate of drug-likeness (QED) is 0.710. The lowest BCUT2D eigenvalue weighted by atomic mass is 9.63. The molecule has 2 heterocycles. The van der Waals surface area contributed by atoms with Gasteiger partial charge < -0.3 is 11.1 Å². The number of fused-ring (bicyclic) bond motifs is 3. The molecule has 5 rings (SSSR count). The van der Waals surface area contributed by atoms with Gasteiger partial charge in [0.25, 0.3) is 0 Å². The molecule has 2 aliphatic heterocycles. The number of carbonyl (C=O) groups is 2. The zero-order valence-corrected chi connectivity index (χ0v) is 17.6. The smallest absolute Gasteiger partial charge is 0.245 e. The molecule has 0 radical (unpaired) electrons. The summed E-state index contributed by atoms with van der Waals surface area (Å²) in [5.41, 5.74) is 8.73. The number of benzene rings is 2. The van der Waals surface area contributed by atoms with Crippen LogP contribution in [0.2, 0.25) is 5.02 Å². The summed E-state index contributed by atoms with van der Waals surface area (Å²) < 4.78 is 0. The van der Waals surface area contributed by atoms with Gasteiger partial charge in [-0.3, -0.25) is 14.5 Å². The standard InChI is InChI=1S/C24H19ClN4O2/c1-13-9-10-17-14(11-13)24(23(31)28-17)15(12-26)22(27)29(18-6-3-2-5-16(18)25)19-7-4-8-20(30)21(19)24/h2-3,5-6,9-11H,4,7-8,27H2,1H3,(H,28,31)/t24-/m1/s1. The molecule has 154 valence electrons. The first kappa shape index (κ1) is 19.4. The Bertz CT molecular complexity index is 1290. The van der Waals surface area contributed by atoms with E-state index in [0.29, 0.717) is 52.5 Å². The number of nitriles is 1. The van der Waals surface area contributed by atoms with E-state index in [1.54, 1.807) is 29.2 Å². The molecular formula is C24H19ClN4O2. The summed E-state index contributed by atoms with van der Waals surface area (Å²) in [6, 6.07) is 14.8.